The van der Waals surface area contributed by atoms with Crippen LogP contribution in [-0.2, 0) is 0 Å². The molecule has 0 saturated heterocycles. The number of nitrogens with one attached hydrogen (secondary N) is 1. The van der Waals surface area contributed by atoms with Crippen LogP contribution in [0.4, 0.5) is 11.5 Å². The van der Waals surface area contributed by atoms with Crippen LogP contribution in [-0.4, -0.2) is 33.8 Å². The Kier molecular flexibility index (Phi) is 4.10. The number of hydrogen-bond acceptors (Lipinski definition) is 6. The van der Waals surface area contributed by atoms with Crippen LogP contribution >= 0.6 is 0 Å². The number of benzene rings is 1. The maximum atomic E-state index is 5.44. The number of fused-ring (bicyclic) bond motifs is 1. The van der Waals surface area contributed by atoms with Gasteiger partial charge in [-0.25, -0.2) is 9.97 Å². The molecule has 0 saturated carbocycles. The van der Waals surface area contributed by atoms with Gasteiger partial charge in [0, 0.05) is 11.8 Å². The van der Waals surface area contributed by atoms with Gasteiger partial charge in [-0.2, -0.15) is 9.61 Å². The van der Waals surface area contributed by atoms with Crippen LogP contribution in [0.15, 0.2) is 60.9 Å². The molecule has 3 aromatic heterocycles. The minimum absolute atomic E-state index is 0.503. The SMILES string of the molecule is COc1ccccc1-c1ccc2ncc(Nc3cccnc3OC)n2n1. The Hall–Kier alpha value is -3.61. The van der Waals surface area contributed by atoms with Gasteiger partial charge in [-0.1, -0.05) is 12.1 Å². The van der Waals surface area contributed by atoms with E-state index >= 15 is 0 Å². The lowest BCUT2D eigenvalue weighted by atomic mass is 10.1. The first-order chi connectivity index (χ1) is 12.8. The van der Waals surface area contributed by atoms with Gasteiger partial charge in [0.15, 0.2) is 11.5 Å². The summed E-state index contributed by atoms with van der Waals surface area (Å²) in [5, 5.41) is 7.99. The number of hydrogen-bond donors (Lipinski definition) is 1. The Bertz CT molecular complexity index is 1060. The predicted molar refractivity (Wildman–Crippen MR) is 99.0 cm³/mol. The highest BCUT2D eigenvalue weighted by Gasteiger charge is 2.12. The van der Waals surface area contributed by atoms with E-state index in [1.807, 2.05) is 48.5 Å². The quantitative estimate of drug-likeness (QED) is 0.595. The van der Waals surface area contributed by atoms with E-state index in [2.05, 4.69) is 15.3 Å². The second-order valence-electron chi connectivity index (χ2n) is 5.52. The summed E-state index contributed by atoms with van der Waals surface area (Å²) in [6, 6.07) is 15.3. The predicted octanol–water partition coefficient (Wildman–Crippen LogP) is 3.55. The third-order valence-corrected chi connectivity index (χ3v) is 3.97. The van der Waals surface area contributed by atoms with Crippen LogP contribution in [0.5, 0.6) is 11.6 Å². The fourth-order valence-corrected chi connectivity index (χ4v) is 2.75. The summed E-state index contributed by atoms with van der Waals surface area (Å²) in [4.78, 5) is 8.59. The molecule has 0 bridgehead atoms. The second-order valence-corrected chi connectivity index (χ2v) is 5.52. The lowest BCUT2D eigenvalue weighted by Crippen LogP contribution is -2.02. The van der Waals surface area contributed by atoms with E-state index in [9.17, 15) is 0 Å². The molecule has 3 heterocycles. The average Bonchev–Trinajstić information content (AvgIpc) is 3.10. The van der Waals surface area contributed by atoms with Crippen LogP contribution in [0.2, 0.25) is 0 Å². The molecule has 7 nitrogen and oxygen atoms in total. The van der Waals surface area contributed by atoms with Crippen molar-refractivity contribution in [2.75, 3.05) is 19.5 Å². The number of imidazole rings is 1. The molecule has 7 heteroatoms. The molecule has 0 aliphatic heterocycles. The molecular formula is C19H17N5O2. The molecule has 130 valence electrons. The number of nitrogens with zero attached hydrogens (tertiary/aromatic N) is 4. The molecule has 4 aromatic rings. The van der Waals surface area contributed by atoms with Crippen LogP contribution in [0, 0.1) is 0 Å². The van der Waals surface area contributed by atoms with E-state index in [0.717, 1.165) is 28.3 Å². The standard InChI is InChI=1S/C19H17N5O2/c1-25-16-8-4-3-6-13(16)14-9-10-17-21-12-18(24(17)23-14)22-15-7-5-11-20-19(15)26-2/h3-12,22H,1-2H3. The summed E-state index contributed by atoms with van der Waals surface area (Å²) >= 11 is 0. The highest BCUT2D eigenvalue weighted by molar-refractivity contribution is 5.69. The third kappa shape index (κ3) is 2.79. The summed E-state index contributed by atoms with van der Waals surface area (Å²) in [5.41, 5.74) is 3.17. The molecule has 4 rings (SSSR count). The molecule has 0 amide bonds. The fourth-order valence-electron chi connectivity index (χ4n) is 2.75. The van der Waals surface area contributed by atoms with Crippen LogP contribution in [0.3, 0.4) is 0 Å². The first-order valence-electron chi connectivity index (χ1n) is 8.04. The van der Waals surface area contributed by atoms with Gasteiger partial charge in [-0.05, 0) is 36.4 Å². The van der Waals surface area contributed by atoms with E-state index in [4.69, 9.17) is 14.6 Å². The van der Waals surface area contributed by atoms with Crippen LogP contribution in [0.25, 0.3) is 16.9 Å². The smallest absolute Gasteiger partial charge is 0.237 e. The first-order valence-corrected chi connectivity index (χ1v) is 8.04. The lowest BCUT2D eigenvalue weighted by molar-refractivity contribution is 0.400. The van der Waals surface area contributed by atoms with Gasteiger partial charge >= 0.3 is 0 Å². The number of ether oxygens (including phenoxy) is 2. The largest absolute Gasteiger partial charge is 0.496 e. The molecule has 0 atom stereocenters. The number of anilines is 2. The van der Waals surface area contributed by atoms with E-state index < -0.39 is 0 Å². The van der Waals surface area contributed by atoms with Crippen molar-refractivity contribution >= 4 is 17.2 Å². The Morgan fingerprint density at radius 3 is 2.65 bits per heavy atom. The molecule has 1 aromatic carbocycles. The minimum Gasteiger partial charge on any atom is -0.496 e. The molecule has 1 N–H and O–H groups in total. The number of aromatic nitrogens is 4. The normalized spacial score (nSPS) is 10.7. The van der Waals surface area contributed by atoms with Crippen molar-refractivity contribution in [3.8, 4) is 22.9 Å². The number of pyridine rings is 1. The fraction of sp³-hybridized carbons (Fsp3) is 0.105. The van der Waals surface area contributed by atoms with Gasteiger partial charge in [0.25, 0.3) is 0 Å². The molecule has 0 spiro atoms. The molecule has 0 unspecified atom stereocenters. The molecule has 0 aliphatic carbocycles. The van der Waals surface area contributed by atoms with E-state index in [1.54, 1.807) is 31.1 Å². The monoisotopic (exact) mass is 347 g/mol. The second kappa shape index (κ2) is 6.72. The maximum Gasteiger partial charge on any atom is 0.237 e. The summed E-state index contributed by atoms with van der Waals surface area (Å²) in [6.45, 7) is 0. The highest BCUT2D eigenvalue weighted by atomic mass is 16.5. The van der Waals surface area contributed by atoms with E-state index in [0.29, 0.717) is 11.7 Å². The summed E-state index contributed by atoms with van der Waals surface area (Å²) in [7, 11) is 3.23. The van der Waals surface area contributed by atoms with Crippen molar-refractivity contribution in [3.63, 3.8) is 0 Å². The van der Waals surface area contributed by atoms with Gasteiger partial charge in [0.05, 0.1) is 26.1 Å². The van der Waals surface area contributed by atoms with Crippen molar-refractivity contribution < 1.29 is 9.47 Å². The van der Waals surface area contributed by atoms with Crippen LogP contribution < -0.4 is 14.8 Å². The van der Waals surface area contributed by atoms with Gasteiger partial charge < -0.3 is 14.8 Å². The molecule has 26 heavy (non-hydrogen) atoms. The van der Waals surface area contributed by atoms with Crippen LogP contribution in [0.1, 0.15) is 0 Å². The van der Waals surface area contributed by atoms with Crippen molar-refractivity contribution in [3.05, 3.63) is 60.9 Å². The summed E-state index contributed by atoms with van der Waals surface area (Å²) in [6.07, 6.45) is 3.40. The lowest BCUT2D eigenvalue weighted by Gasteiger charge is -2.10. The average molecular weight is 347 g/mol. The molecular weight excluding hydrogens is 330 g/mol. The van der Waals surface area contributed by atoms with E-state index in [-0.39, 0.29) is 0 Å². The van der Waals surface area contributed by atoms with Gasteiger partial charge in [0.1, 0.15) is 11.4 Å². The van der Waals surface area contributed by atoms with Gasteiger partial charge in [-0.15, -0.1) is 0 Å². The molecule has 0 fully saturated rings. The van der Waals surface area contributed by atoms with E-state index in [1.165, 1.54) is 0 Å². The van der Waals surface area contributed by atoms with Crippen molar-refractivity contribution in [1.82, 2.24) is 19.6 Å². The highest BCUT2D eigenvalue weighted by Crippen LogP contribution is 2.29. The Labute approximate surface area is 150 Å². The van der Waals surface area contributed by atoms with Gasteiger partial charge in [0.2, 0.25) is 5.88 Å². The zero-order valence-corrected chi connectivity index (χ0v) is 14.4. The number of rotatable bonds is 5. The zero-order valence-electron chi connectivity index (χ0n) is 14.4. The number of methoxy groups -OCH3 is 2. The molecule has 0 aliphatic rings. The van der Waals surface area contributed by atoms with Crippen molar-refractivity contribution in [2.45, 2.75) is 0 Å². The Morgan fingerprint density at radius 2 is 1.81 bits per heavy atom. The molecule has 0 radical (unpaired) electrons. The maximum absolute atomic E-state index is 5.44. The summed E-state index contributed by atoms with van der Waals surface area (Å²) in [5.74, 6) is 1.98. The Morgan fingerprint density at radius 1 is 0.923 bits per heavy atom. The van der Waals surface area contributed by atoms with Gasteiger partial charge in [-0.3, -0.25) is 0 Å². The Balaban J connectivity index is 1.78. The third-order valence-electron chi connectivity index (χ3n) is 3.97. The van der Waals surface area contributed by atoms with Crippen molar-refractivity contribution in [2.24, 2.45) is 0 Å². The first kappa shape index (κ1) is 15.9. The van der Waals surface area contributed by atoms with Crippen molar-refractivity contribution in [1.29, 1.82) is 0 Å². The summed E-state index contributed by atoms with van der Waals surface area (Å²) < 4.78 is 12.5. The topological polar surface area (TPSA) is 73.6 Å². The zero-order chi connectivity index (χ0) is 17.9. The minimum atomic E-state index is 0.503. The number of para-hydroxylation sites is 1.